The highest BCUT2D eigenvalue weighted by molar-refractivity contribution is 5.94. The number of carbonyl (C=O) groups excluding carboxylic acids is 2. The Morgan fingerprint density at radius 1 is 1.05 bits per heavy atom. The highest BCUT2D eigenvalue weighted by Crippen LogP contribution is 2.32. The Labute approximate surface area is 210 Å². The Morgan fingerprint density at radius 3 is 2.43 bits per heavy atom. The van der Waals surface area contributed by atoms with Crippen molar-refractivity contribution in [2.45, 2.75) is 31.5 Å². The lowest BCUT2D eigenvalue weighted by Gasteiger charge is -2.27. The van der Waals surface area contributed by atoms with Crippen LogP contribution in [-0.4, -0.2) is 59.8 Å². The van der Waals surface area contributed by atoms with E-state index in [4.69, 9.17) is 0 Å². The fraction of sp³-hybridized carbons (Fsp3) is 0.360. The van der Waals surface area contributed by atoms with E-state index >= 15 is 0 Å². The number of halogens is 4. The van der Waals surface area contributed by atoms with E-state index in [0.29, 0.717) is 30.4 Å². The van der Waals surface area contributed by atoms with E-state index in [-0.39, 0.29) is 17.9 Å². The Kier molecular flexibility index (Phi) is 7.46. The number of nitrogens with zero attached hydrogens (tertiary/aromatic N) is 4. The molecule has 37 heavy (non-hydrogen) atoms. The van der Waals surface area contributed by atoms with Crippen molar-refractivity contribution < 1.29 is 32.0 Å². The number of amides is 1. The second-order valence-corrected chi connectivity index (χ2v) is 9.01. The van der Waals surface area contributed by atoms with Crippen molar-refractivity contribution in [3.05, 3.63) is 59.9 Å². The maximum absolute atomic E-state index is 13.3. The van der Waals surface area contributed by atoms with E-state index in [0.717, 1.165) is 41.0 Å². The third kappa shape index (κ3) is 6.07. The van der Waals surface area contributed by atoms with Crippen molar-refractivity contribution in [2.24, 2.45) is 5.92 Å². The van der Waals surface area contributed by atoms with Crippen LogP contribution in [0.1, 0.15) is 29.6 Å². The van der Waals surface area contributed by atoms with Gasteiger partial charge in [0.2, 0.25) is 5.95 Å². The monoisotopic (exact) mass is 519 g/mol. The Hall–Kier alpha value is -3.96. The first-order chi connectivity index (χ1) is 17.5. The molecule has 0 spiro atoms. The molecule has 12 heteroatoms. The lowest BCUT2D eigenvalue weighted by Crippen LogP contribution is -2.44. The number of nitrogens with one attached hydrogen (secondary N) is 1. The van der Waals surface area contributed by atoms with E-state index in [1.54, 1.807) is 0 Å². The molecule has 1 aromatic heterocycles. The number of benzene rings is 2. The number of rotatable bonds is 6. The minimum Gasteiger partial charge on any atom is -0.362 e. The van der Waals surface area contributed by atoms with Crippen molar-refractivity contribution in [3.8, 4) is 0 Å². The highest BCUT2D eigenvalue weighted by Gasteiger charge is 2.45. The maximum Gasteiger partial charge on any atom is 0.493 e. The largest absolute Gasteiger partial charge is 0.493 e. The van der Waals surface area contributed by atoms with E-state index in [2.05, 4.69) is 20.1 Å². The number of hydroxylamine groups is 2. The van der Waals surface area contributed by atoms with Crippen molar-refractivity contribution in [1.82, 2.24) is 15.0 Å². The standard InChI is InChI=1S/C25H25F4N5O3/c1-33(2)21-19-5-3-4-6-20(19)31-24(32-21)30-14-15-7-12-18(13-15)34(37-23(36)25(27,28)29)22(35)16-8-10-17(26)11-9-16/h3-6,8-11,15,18H,7,12-14H2,1-2H3,(H,30,31,32)/t15-,18+/m1/s1. The van der Waals surface area contributed by atoms with E-state index in [1.165, 1.54) is 0 Å². The summed E-state index contributed by atoms with van der Waals surface area (Å²) in [6.45, 7) is 0.396. The van der Waals surface area contributed by atoms with Gasteiger partial charge in [0.05, 0.1) is 11.6 Å². The van der Waals surface area contributed by atoms with E-state index in [9.17, 15) is 27.2 Å². The Morgan fingerprint density at radius 2 is 1.76 bits per heavy atom. The van der Waals surface area contributed by atoms with Gasteiger partial charge >= 0.3 is 12.1 Å². The molecule has 2 atom stereocenters. The molecule has 0 bridgehead atoms. The summed E-state index contributed by atoms with van der Waals surface area (Å²) in [6, 6.07) is 11.0. The Bertz CT molecular complexity index is 1280. The number of fused-ring (bicyclic) bond motifs is 1. The van der Waals surface area contributed by atoms with Gasteiger partial charge in [-0.2, -0.15) is 23.2 Å². The SMILES string of the molecule is CN(C)c1nc(NC[C@@H]2CC[C@H](N(OC(=O)C(F)(F)F)C(=O)c3ccc(F)cc3)C2)nc2ccccc12. The number of hydrogen-bond acceptors (Lipinski definition) is 7. The van der Waals surface area contributed by atoms with Crippen LogP contribution in [0, 0.1) is 11.7 Å². The average molecular weight is 519 g/mol. The minimum atomic E-state index is -5.28. The summed E-state index contributed by atoms with van der Waals surface area (Å²) in [5.41, 5.74) is 0.654. The molecule has 1 N–H and O–H groups in total. The third-order valence-corrected chi connectivity index (χ3v) is 6.10. The molecule has 1 fully saturated rings. The lowest BCUT2D eigenvalue weighted by molar-refractivity contribution is -0.234. The number of para-hydroxylation sites is 1. The topological polar surface area (TPSA) is 87.7 Å². The van der Waals surface area contributed by atoms with Gasteiger partial charge in [0.15, 0.2) is 0 Å². The fourth-order valence-electron chi connectivity index (χ4n) is 4.30. The Balaban J connectivity index is 1.48. The summed E-state index contributed by atoms with van der Waals surface area (Å²) < 4.78 is 52.0. The van der Waals surface area contributed by atoms with Gasteiger partial charge in [-0.3, -0.25) is 4.79 Å². The smallest absolute Gasteiger partial charge is 0.362 e. The van der Waals surface area contributed by atoms with Crippen LogP contribution in [0.2, 0.25) is 0 Å². The van der Waals surface area contributed by atoms with Gasteiger partial charge in [0, 0.05) is 31.6 Å². The van der Waals surface area contributed by atoms with Gasteiger partial charge in [0.1, 0.15) is 11.6 Å². The van der Waals surface area contributed by atoms with Crippen molar-refractivity contribution in [3.63, 3.8) is 0 Å². The average Bonchev–Trinajstić information content (AvgIpc) is 3.33. The minimum absolute atomic E-state index is 0.0593. The summed E-state index contributed by atoms with van der Waals surface area (Å²) in [7, 11) is 3.74. The van der Waals surface area contributed by atoms with Crippen molar-refractivity contribution in [1.29, 1.82) is 0 Å². The summed E-state index contributed by atoms with van der Waals surface area (Å²) in [4.78, 5) is 40.0. The lowest BCUT2D eigenvalue weighted by atomic mass is 10.1. The quantitative estimate of drug-likeness (QED) is 0.377. The molecule has 3 aromatic rings. The van der Waals surface area contributed by atoms with Crippen molar-refractivity contribution in [2.75, 3.05) is 30.9 Å². The first kappa shape index (κ1) is 26.1. The summed E-state index contributed by atoms with van der Waals surface area (Å²) in [6.07, 6.45) is -4.13. The first-order valence-corrected chi connectivity index (χ1v) is 11.6. The molecule has 0 radical (unpaired) electrons. The second-order valence-electron chi connectivity index (χ2n) is 9.01. The van der Waals surface area contributed by atoms with E-state index in [1.807, 2.05) is 43.3 Å². The van der Waals surface area contributed by atoms with Gasteiger partial charge in [-0.25, -0.2) is 14.2 Å². The molecule has 196 valence electrons. The van der Waals surface area contributed by atoms with E-state index < -0.39 is 29.9 Å². The molecule has 8 nitrogen and oxygen atoms in total. The molecule has 0 unspecified atom stereocenters. The zero-order chi connectivity index (χ0) is 26.7. The number of anilines is 2. The van der Waals surface area contributed by atoms with Crippen LogP contribution in [0.4, 0.5) is 29.3 Å². The van der Waals surface area contributed by atoms with Gasteiger partial charge in [0.25, 0.3) is 5.91 Å². The van der Waals surface area contributed by atoms with Crippen LogP contribution in [0.3, 0.4) is 0 Å². The fourth-order valence-corrected chi connectivity index (χ4v) is 4.30. The zero-order valence-electron chi connectivity index (χ0n) is 20.1. The van der Waals surface area contributed by atoms with Crippen molar-refractivity contribution >= 4 is 34.5 Å². The number of alkyl halides is 3. The van der Waals surface area contributed by atoms with Gasteiger partial charge in [-0.1, -0.05) is 12.1 Å². The molecule has 1 aliphatic carbocycles. The number of aromatic nitrogens is 2. The molecule has 4 rings (SSSR count). The van der Waals surface area contributed by atoms with Gasteiger partial charge in [-0.15, -0.1) is 0 Å². The molecule has 2 aromatic carbocycles. The number of carbonyl (C=O) groups is 2. The van der Waals surface area contributed by atoms with Crippen LogP contribution >= 0.6 is 0 Å². The zero-order valence-corrected chi connectivity index (χ0v) is 20.1. The van der Waals surface area contributed by atoms with Crippen LogP contribution in [0.5, 0.6) is 0 Å². The summed E-state index contributed by atoms with van der Waals surface area (Å²) in [5, 5.41) is 4.55. The molecule has 0 saturated heterocycles. The van der Waals surface area contributed by atoms with Crippen LogP contribution in [-0.2, 0) is 9.63 Å². The predicted octanol–water partition coefficient (Wildman–Crippen LogP) is 4.58. The molecule has 0 aliphatic heterocycles. The predicted molar refractivity (Wildman–Crippen MR) is 128 cm³/mol. The summed E-state index contributed by atoms with van der Waals surface area (Å²) >= 11 is 0. The summed E-state index contributed by atoms with van der Waals surface area (Å²) in [5.74, 6) is -3.00. The molecular weight excluding hydrogens is 494 g/mol. The molecule has 1 amide bonds. The molecule has 1 heterocycles. The third-order valence-electron chi connectivity index (χ3n) is 6.10. The van der Waals surface area contributed by atoms with Gasteiger partial charge in [-0.05, 0) is 61.6 Å². The van der Waals surface area contributed by atoms with Crippen LogP contribution in [0.25, 0.3) is 10.9 Å². The highest BCUT2D eigenvalue weighted by atomic mass is 19.4. The van der Waals surface area contributed by atoms with Gasteiger partial charge < -0.3 is 15.1 Å². The maximum atomic E-state index is 13.3. The van der Waals surface area contributed by atoms with Crippen LogP contribution < -0.4 is 10.2 Å². The normalized spacial score (nSPS) is 17.5. The first-order valence-electron chi connectivity index (χ1n) is 11.6. The second kappa shape index (κ2) is 10.6. The molecular formula is C25H25F4N5O3. The molecule has 1 saturated carbocycles. The molecule has 1 aliphatic rings. The number of hydrogen-bond donors (Lipinski definition) is 1. The van der Waals surface area contributed by atoms with Crippen LogP contribution in [0.15, 0.2) is 48.5 Å².